The van der Waals surface area contributed by atoms with E-state index in [9.17, 15) is 51.0 Å². The molecule has 2 aliphatic carbocycles. The fourth-order valence-corrected chi connectivity index (χ4v) is 7.99. The van der Waals surface area contributed by atoms with Crippen molar-refractivity contribution in [1.29, 1.82) is 0 Å². The molecule has 6 atom stereocenters. The number of hydrogen-bond donors (Lipinski definition) is 2. The number of amides is 6. The van der Waals surface area contributed by atoms with E-state index in [-0.39, 0.29) is 32.4 Å². The summed E-state index contributed by atoms with van der Waals surface area (Å²) in [7, 11) is 0. The smallest absolute Gasteiger partial charge is 0.328 e. The molecule has 0 bridgehead atoms. The zero-order valence-electron chi connectivity index (χ0n) is 21.5. The molecule has 17 heteroatoms. The highest BCUT2D eigenvalue weighted by Gasteiger charge is 2.77. The molecule has 3 fully saturated rings. The Bertz CT molecular complexity index is 1780. The van der Waals surface area contributed by atoms with Crippen molar-refractivity contribution < 1.29 is 51.0 Å². The molecule has 2 heterocycles. The van der Waals surface area contributed by atoms with Crippen LogP contribution in [0.3, 0.4) is 0 Å². The molecule has 2 aromatic carbocycles. The van der Waals surface area contributed by atoms with Gasteiger partial charge in [0.25, 0.3) is 11.8 Å². The molecule has 6 unspecified atom stereocenters. The van der Waals surface area contributed by atoms with Crippen molar-refractivity contribution in [2.45, 2.75) is 28.5 Å². The monoisotopic (exact) mass is 677 g/mol. The number of hydrogen-bond acceptors (Lipinski definition) is 6. The minimum Gasteiger partial charge on any atom is -0.508 e. The van der Waals surface area contributed by atoms with Gasteiger partial charge in [-0.15, -0.1) is 23.2 Å². The van der Waals surface area contributed by atoms with E-state index in [0.717, 1.165) is 12.1 Å². The summed E-state index contributed by atoms with van der Waals surface area (Å²) in [5.74, 6) is -24.1. The van der Waals surface area contributed by atoms with E-state index >= 15 is 0 Å². The summed E-state index contributed by atoms with van der Waals surface area (Å²) in [6.07, 6.45) is 0.380. The molecule has 2 saturated heterocycles. The number of imide groups is 4. The lowest BCUT2D eigenvalue weighted by Crippen LogP contribution is -2.60. The number of allylic oxidation sites excluding steroid dienone is 2. The summed E-state index contributed by atoms with van der Waals surface area (Å²) >= 11 is 20.0. The van der Waals surface area contributed by atoms with Gasteiger partial charge in [-0.1, -0.05) is 23.3 Å². The third kappa shape index (κ3) is 3.55. The number of anilines is 1. The Morgan fingerprint density at radius 3 is 2.09 bits per heavy atom. The van der Waals surface area contributed by atoms with Crippen LogP contribution in [0, 0.1) is 46.8 Å². The number of likely N-dealkylation sites (tertiary alicyclic amines) is 1. The van der Waals surface area contributed by atoms with Gasteiger partial charge in [-0.25, -0.2) is 31.6 Å². The van der Waals surface area contributed by atoms with E-state index in [2.05, 4.69) is 0 Å². The minimum atomic E-state index is -2.84. The van der Waals surface area contributed by atoms with E-state index in [4.69, 9.17) is 40.5 Å². The van der Waals surface area contributed by atoms with E-state index in [0.29, 0.717) is 0 Å². The highest BCUT2D eigenvalue weighted by Crippen LogP contribution is 2.66. The van der Waals surface area contributed by atoms with E-state index < -0.39 is 110 Å². The van der Waals surface area contributed by atoms with Crippen molar-refractivity contribution in [2.24, 2.45) is 23.5 Å². The first-order valence-corrected chi connectivity index (χ1v) is 13.8. The molecule has 2 aromatic rings. The number of carbonyl (C=O) groups is 5. The number of nitrogens with two attached hydrogens (primary N) is 1. The Labute approximate surface area is 257 Å². The Kier molecular flexibility index (Phi) is 6.62. The molecule has 4 aliphatic rings. The molecule has 6 amide bonds. The largest absolute Gasteiger partial charge is 0.508 e. The van der Waals surface area contributed by atoms with Gasteiger partial charge < -0.3 is 10.8 Å². The maximum atomic E-state index is 15.0. The summed E-state index contributed by atoms with van der Waals surface area (Å²) in [5.41, 5.74) is 3.11. The maximum Gasteiger partial charge on any atom is 0.328 e. The van der Waals surface area contributed by atoms with Gasteiger partial charge in [0.15, 0.2) is 33.0 Å². The van der Waals surface area contributed by atoms with Crippen molar-refractivity contribution in [1.82, 2.24) is 4.90 Å². The van der Waals surface area contributed by atoms with Crippen molar-refractivity contribution in [3.63, 3.8) is 0 Å². The number of urea groups is 1. The number of primary amides is 1. The fourth-order valence-electron chi connectivity index (χ4n) is 6.89. The molecular formula is C27H15Cl3F5N3O6. The second kappa shape index (κ2) is 9.62. The number of alkyl halides is 2. The molecule has 230 valence electrons. The molecule has 0 radical (unpaired) electrons. The Balaban J connectivity index is 1.62. The predicted molar refractivity (Wildman–Crippen MR) is 141 cm³/mol. The first kappa shape index (κ1) is 30.3. The van der Waals surface area contributed by atoms with Crippen LogP contribution in [-0.4, -0.2) is 49.4 Å². The standard InChI is InChI=1S/C27H15Cl3F5N3O6/c28-7-1-4-12(39)10(5-7)14-8-2-3-9-13(22(41)38(21(9)40)25(36)44)11(8)6-26(29)23(42)37(24(43)27(14,26)30)20-18(34)16(32)15(31)17(33)19(20)35/h1-2,4-5,9,11,13-14,39H,3,6H2,(H2,36,44). The SMILES string of the molecule is NC(=O)N1C(=O)C2CC=C3C(CC4(Cl)C(=O)N(c5c(F)c(F)c(F)c(F)c5F)C(=O)C4(Cl)C3c3cc(Cl)ccc3O)C2C1=O. The van der Waals surface area contributed by atoms with Crippen LogP contribution in [0.25, 0.3) is 0 Å². The second-order valence-corrected chi connectivity index (χ2v) is 12.4. The molecule has 0 spiro atoms. The van der Waals surface area contributed by atoms with Crippen LogP contribution in [0.5, 0.6) is 5.75 Å². The lowest BCUT2D eigenvalue weighted by Gasteiger charge is -2.50. The number of phenolic OH excluding ortho intramolecular Hbond substituents is 1. The quantitative estimate of drug-likeness (QED) is 0.121. The average molecular weight is 679 g/mol. The maximum absolute atomic E-state index is 15.0. The normalized spacial score (nSPS) is 31.2. The van der Waals surface area contributed by atoms with Gasteiger partial charge in [-0.2, -0.15) is 4.90 Å². The number of aromatic hydroxyl groups is 1. The van der Waals surface area contributed by atoms with Gasteiger partial charge in [0.1, 0.15) is 11.4 Å². The molecule has 9 nitrogen and oxygen atoms in total. The fraction of sp³-hybridized carbons (Fsp3) is 0.296. The lowest BCUT2D eigenvalue weighted by atomic mass is 9.56. The summed E-state index contributed by atoms with van der Waals surface area (Å²) < 4.78 is 72.3. The molecule has 6 rings (SSSR count). The number of benzene rings is 2. The molecule has 44 heavy (non-hydrogen) atoms. The summed E-state index contributed by atoms with van der Waals surface area (Å²) in [6, 6.07) is 2.08. The van der Waals surface area contributed by atoms with Crippen LogP contribution in [0.15, 0.2) is 29.8 Å². The van der Waals surface area contributed by atoms with Crippen LogP contribution < -0.4 is 10.6 Å². The van der Waals surface area contributed by atoms with Gasteiger partial charge >= 0.3 is 6.03 Å². The zero-order chi connectivity index (χ0) is 32.4. The van der Waals surface area contributed by atoms with Gasteiger partial charge in [0, 0.05) is 16.5 Å². The molecule has 3 N–H and O–H groups in total. The van der Waals surface area contributed by atoms with Gasteiger partial charge in [0.2, 0.25) is 17.6 Å². The van der Waals surface area contributed by atoms with Crippen LogP contribution >= 0.6 is 34.8 Å². The highest BCUT2D eigenvalue weighted by molar-refractivity contribution is 6.58. The van der Waals surface area contributed by atoms with Crippen molar-refractivity contribution >= 4 is 70.2 Å². The minimum absolute atomic E-state index is 0.0323. The van der Waals surface area contributed by atoms with Crippen molar-refractivity contribution in [3.8, 4) is 5.75 Å². The first-order valence-electron chi connectivity index (χ1n) is 12.6. The van der Waals surface area contributed by atoms with E-state index in [1.54, 1.807) is 0 Å². The van der Waals surface area contributed by atoms with Crippen LogP contribution in [0.4, 0.5) is 32.4 Å². The first-order chi connectivity index (χ1) is 20.5. The number of rotatable bonds is 2. The number of fused-ring (bicyclic) bond motifs is 4. The lowest BCUT2D eigenvalue weighted by molar-refractivity contribution is -0.136. The second-order valence-electron chi connectivity index (χ2n) is 10.7. The number of nitrogens with zero attached hydrogens (tertiary/aromatic N) is 2. The predicted octanol–water partition coefficient (Wildman–Crippen LogP) is 4.38. The molecule has 2 aliphatic heterocycles. The Hall–Kier alpha value is -3.75. The summed E-state index contributed by atoms with van der Waals surface area (Å²) in [6.45, 7) is 0. The topological polar surface area (TPSA) is 138 Å². The van der Waals surface area contributed by atoms with Gasteiger partial charge in [-0.3, -0.25) is 19.2 Å². The molecule has 1 saturated carbocycles. The van der Waals surface area contributed by atoms with Crippen molar-refractivity contribution in [2.75, 3.05) is 4.90 Å². The number of carbonyl (C=O) groups excluding carboxylic acids is 5. The molecule has 0 aromatic heterocycles. The zero-order valence-corrected chi connectivity index (χ0v) is 23.8. The highest BCUT2D eigenvalue weighted by atomic mass is 35.5. The Morgan fingerprint density at radius 2 is 1.50 bits per heavy atom. The average Bonchev–Trinajstić information content (AvgIpc) is 3.31. The Morgan fingerprint density at radius 1 is 0.909 bits per heavy atom. The third-order valence-corrected chi connectivity index (χ3v) is 10.4. The summed E-state index contributed by atoms with van der Waals surface area (Å²) in [4.78, 5) is 60.6. The van der Waals surface area contributed by atoms with E-state index in [1.807, 2.05) is 0 Å². The van der Waals surface area contributed by atoms with Crippen LogP contribution in [0.2, 0.25) is 5.02 Å². The molecular weight excluding hydrogens is 664 g/mol. The third-order valence-electron chi connectivity index (χ3n) is 8.74. The number of halogens is 8. The van der Waals surface area contributed by atoms with Gasteiger partial charge in [0.05, 0.1) is 11.8 Å². The number of phenols is 1. The van der Waals surface area contributed by atoms with Gasteiger partial charge in [-0.05, 0) is 37.0 Å². The van der Waals surface area contributed by atoms with Crippen molar-refractivity contribution in [3.05, 3.63) is 69.5 Å². The summed E-state index contributed by atoms with van der Waals surface area (Å²) in [5, 5.41) is 10.8. The van der Waals surface area contributed by atoms with Crippen LogP contribution in [-0.2, 0) is 19.2 Å². The van der Waals surface area contributed by atoms with E-state index in [1.165, 1.54) is 12.1 Å². The van der Waals surface area contributed by atoms with Crippen LogP contribution in [0.1, 0.15) is 24.3 Å².